The van der Waals surface area contributed by atoms with Gasteiger partial charge < -0.3 is 14.3 Å². The molecular weight excluding hydrogens is 432 g/mol. The van der Waals surface area contributed by atoms with Crippen molar-refractivity contribution in [3.63, 3.8) is 0 Å². The number of thioether (sulfide) groups is 1. The molecule has 1 amide bonds. The second-order valence-corrected chi connectivity index (χ2v) is 8.52. The Kier molecular flexibility index (Phi) is 6.21. The van der Waals surface area contributed by atoms with Crippen LogP contribution in [0.5, 0.6) is 0 Å². The molecule has 0 bridgehead atoms. The van der Waals surface area contributed by atoms with E-state index in [1.54, 1.807) is 30.3 Å². The molecule has 0 spiro atoms. The summed E-state index contributed by atoms with van der Waals surface area (Å²) >= 11 is 1.68. The maximum absolute atomic E-state index is 12.4. The van der Waals surface area contributed by atoms with Crippen molar-refractivity contribution in [1.82, 2.24) is 19.9 Å². The summed E-state index contributed by atoms with van der Waals surface area (Å²) in [5.41, 5.74) is 4.92. The first-order valence-corrected chi connectivity index (χ1v) is 11.6. The minimum absolute atomic E-state index is 0.122. The van der Waals surface area contributed by atoms with Gasteiger partial charge in [-0.25, -0.2) is 4.98 Å². The first-order chi connectivity index (χ1) is 16.3. The van der Waals surface area contributed by atoms with Crippen LogP contribution in [0.25, 0.3) is 11.0 Å². The zero-order chi connectivity index (χ0) is 22.5. The van der Waals surface area contributed by atoms with Crippen LogP contribution >= 0.6 is 11.8 Å². The first-order valence-electron chi connectivity index (χ1n) is 10.6. The van der Waals surface area contributed by atoms with Crippen molar-refractivity contribution < 1.29 is 9.21 Å². The highest BCUT2D eigenvalue weighted by atomic mass is 32.2. The number of aromatic nitrogens is 3. The number of hydrogen-bond donors (Lipinski definition) is 1. The number of carbonyl (C=O) groups excluding carboxylic acids is 1. The Labute approximate surface area is 195 Å². The van der Waals surface area contributed by atoms with Crippen LogP contribution in [0.3, 0.4) is 0 Å². The minimum atomic E-state index is -0.122. The molecule has 6 nitrogen and oxygen atoms in total. The standard InChI is InChI=1S/C26H22N4O2S/c31-25(28-15-22-7-4-14-32-22)21-10-8-20(9-11-21)18-33-26-29-23-12-13-27-16-24(23)30(26)17-19-5-2-1-3-6-19/h1-14,16H,15,17-18H2,(H,28,31). The third-order valence-electron chi connectivity index (χ3n) is 5.29. The van der Waals surface area contributed by atoms with Crippen LogP contribution in [-0.2, 0) is 18.8 Å². The summed E-state index contributed by atoms with van der Waals surface area (Å²) < 4.78 is 7.46. The highest BCUT2D eigenvalue weighted by molar-refractivity contribution is 7.98. The van der Waals surface area contributed by atoms with Gasteiger partial charge in [0.25, 0.3) is 5.91 Å². The maximum Gasteiger partial charge on any atom is 0.251 e. The summed E-state index contributed by atoms with van der Waals surface area (Å²) in [6, 6.07) is 23.6. The summed E-state index contributed by atoms with van der Waals surface area (Å²) in [5, 5.41) is 3.81. The Morgan fingerprint density at radius 3 is 2.61 bits per heavy atom. The lowest BCUT2D eigenvalue weighted by molar-refractivity contribution is 0.0948. The molecule has 5 rings (SSSR count). The van der Waals surface area contributed by atoms with E-state index in [0.29, 0.717) is 12.1 Å². The van der Waals surface area contributed by atoms with Crippen LogP contribution in [0.4, 0.5) is 0 Å². The Hall–Kier alpha value is -3.84. The van der Waals surface area contributed by atoms with E-state index in [4.69, 9.17) is 9.40 Å². The molecule has 0 aliphatic heterocycles. The predicted octanol–water partition coefficient (Wildman–Crippen LogP) is 5.29. The van der Waals surface area contributed by atoms with Crippen molar-refractivity contribution in [2.75, 3.05) is 0 Å². The maximum atomic E-state index is 12.4. The van der Waals surface area contributed by atoms with E-state index in [2.05, 4.69) is 27.0 Å². The molecule has 0 aliphatic rings. The van der Waals surface area contributed by atoms with E-state index in [-0.39, 0.29) is 5.91 Å². The quantitative estimate of drug-likeness (QED) is 0.322. The molecule has 0 saturated carbocycles. The van der Waals surface area contributed by atoms with Gasteiger partial charge in [-0.05, 0) is 41.5 Å². The van der Waals surface area contributed by atoms with E-state index < -0.39 is 0 Å². The molecule has 2 aromatic carbocycles. The van der Waals surface area contributed by atoms with Crippen molar-refractivity contribution in [3.8, 4) is 0 Å². The average molecular weight is 455 g/mol. The lowest BCUT2D eigenvalue weighted by atomic mass is 10.1. The summed E-state index contributed by atoms with van der Waals surface area (Å²) in [5.74, 6) is 1.35. The molecule has 0 saturated heterocycles. The number of nitrogens with zero attached hydrogens (tertiary/aromatic N) is 3. The number of benzene rings is 2. The predicted molar refractivity (Wildman–Crippen MR) is 129 cm³/mol. The molecule has 1 N–H and O–H groups in total. The van der Waals surface area contributed by atoms with Gasteiger partial charge >= 0.3 is 0 Å². The van der Waals surface area contributed by atoms with Gasteiger partial charge in [0.15, 0.2) is 5.16 Å². The number of nitrogens with one attached hydrogen (secondary N) is 1. The molecule has 5 aromatic rings. The Bertz CT molecular complexity index is 1350. The number of hydrogen-bond acceptors (Lipinski definition) is 5. The fourth-order valence-corrected chi connectivity index (χ4v) is 4.53. The van der Waals surface area contributed by atoms with Crippen molar-refractivity contribution in [2.45, 2.75) is 24.0 Å². The van der Waals surface area contributed by atoms with Crippen molar-refractivity contribution >= 4 is 28.7 Å². The SMILES string of the molecule is O=C(NCc1ccco1)c1ccc(CSc2nc3ccncc3n2Cc2ccccc2)cc1. The van der Waals surface area contributed by atoms with Crippen molar-refractivity contribution in [2.24, 2.45) is 0 Å². The largest absolute Gasteiger partial charge is 0.467 e. The van der Waals surface area contributed by atoms with E-state index in [1.165, 1.54) is 5.56 Å². The van der Waals surface area contributed by atoms with Gasteiger partial charge in [-0.3, -0.25) is 9.78 Å². The molecule has 0 fully saturated rings. The summed E-state index contributed by atoms with van der Waals surface area (Å²) in [6.45, 7) is 1.11. The van der Waals surface area contributed by atoms with Gasteiger partial charge in [0.05, 0.1) is 36.6 Å². The van der Waals surface area contributed by atoms with Crippen molar-refractivity contribution in [3.05, 3.63) is 114 Å². The molecule has 0 atom stereocenters. The second kappa shape index (κ2) is 9.75. The number of imidazole rings is 1. The van der Waals surface area contributed by atoms with Crippen LogP contribution in [0, 0.1) is 0 Å². The second-order valence-electron chi connectivity index (χ2n) is 7.58. The highest BCUT2D eigenvalue weighted by Crippen LogP contribution is 2.27. The Morgan fingerprint density at radius 2 is 1.82 bits per heavy atom. The third kappa shape index (κ3) is 4.99. The summed E-state index contributed by atoms with van der Waals surface area (Å²) in [6.07, 6.45) is 5.23. The van der Waals surface area contributed by atoms with Gasteiger partial charge in [-0.1, -0.05) is 54.2 Å². The minimum Gasteiger partial charge on any atom is -0.467 e. The molecule has 0 radical (unpaired) electrons. The molecule has 7 heteroatoms. The van der Waals surface area contributed by atoms with Crippen LogP contribution in [0.2, 0.25) is 0 Å². The van der Waals surface area contributed by atoms with Crippen molar-refractivity contribution in [1.29, 1.82) is 0 Å². The smallest absolute Gasteiger partial charge is 0.251 e. The van der Waals surface area contributed by atoms with Crippen LogP contribution in [-0.4, -0.2) is 20.4 Å². The molecular formula is C26H22N4O2S. The summed E-state index contributed by atoms with van der Waals surface area (Å²) in [7, 11) is 0. The molecule has 33 heavy (non-hydrogen) atoms. The van der Waals surface area contributed by atoms with Gasteiger partial charge in [-0.15, -0.1) is 0 Å². The van der Waals surface area contributed by atoms with Gasteiger partial charge in [-0.2, -0.15) is 0 Å². The van der Waals surface area contributed by atoms with Gasteiger partial charge in [0, 0.05) is 17.5 Å². The van der Waals surface area contributed by atoms with E-state index in [0.717, 1.165) is 39.8 Å². The topological polar surface area (TPSA) is 73.0 Å². The number of rotatable bonds is 8. The van der Waals surface area contributed by atoms with E-state index in [9.17, 15) is 4.79 Å². The lowest BCUT2D eigenvalue weighted by Crippen LogP contribution is -2.22. The number of pyridine rings is 1. The normalized spacial score (nSPS) is 11.0. The fourth-order valence-electron chi connectivity index (χ4n) is 3.56. The number of furan rings is 1. The van der Waals surface area contributed by atoms with E-state index >= 15 is 0 Å². The molecule has 0 aliphatic carbocycles. The molecule has 164 valence electrons. The fraction of sp³-hybridized carbons (Fsp3) is 0.115. The molecule has 3 heterocycles. The Morgan fingerprint density at radius 1 is 0.970 bits per heavy atom. The first kappa shape index (κ1) is 21.0. The Balaban J connectivity index is 1.27. The van der Waals surface area contributed by atoms with Crippen LogP contribution in [0.1, 0.15) is 27.2 Å². The highest BCUT2D eigenvalue weighted by Gasteiger charge is 2.13. The van der Waals surface area contributed by atoms with Crippen LogP contribution in [0.15, 0.2) is 101 Å². The third-order valence-corrected chi connectivity index (χ3v) is 6.33. The number of fused-ring (bicyclic) bond motifs is 1. The van der Waals surface area contributed by atoms with Gasteiger partial charge in [0.2, 0.25) is 0 Å². The number of amides is 1. The zero-order valence-corrected chi connectivity index (χ0v) is 18.7. The number of carbonyl (C=O) groups is 1. The van der Waals surface area contributed by atoms with Crippen LogP contribution < -0.4 is 5.32 Å². The average Bonchev–Trinajstić information content (AvgIpc) is 3.50. The van der Waals surface area contributed by atoms with Gasteiger partial charge in [0.1, 0.15) is 5.76 Å². The summed E-state index contributed by atoms with van der Waals surface area (Å²) in [4.78, 5) is 21.5. The van der Waals surface area contributed by atoms with E-state index in [1.807, 2.05) is 60.8 Å². The monoisotopic (exact) mass is 454 g/mol. The molecule has 0 unspecified atom stereocenters. The molecule has 3 aromatic heterocycles. The lowest BCUT2D eigenvalue weighted by Gasteiger charge is -2.09. The zero-order valence-electron chi connectivity index (χ0n) is 17.8.